The Labute approximate surface area is 160 Å². The van der Waals surface area contributed by atoms with E-state index in [1.54, 1.807) is 12.1 Å². The van der Waals surface area contributed by atoms with Crippen molar-refractivity contribution in [3.8, 4) is 0 Å². The highest BCUT2D eigenvalue weighted by atomic mass is 19.1. The van der Waals surface area contributed by atoms with E-state index in [1.165, 1.54) is 12.1 Å². The Kier molecular flexibility index (Phi) is 6.27. The lowest BCUT2D eigenvalue weighted by Gasteiger charge is -2.51. The summed E-state index contributed by atoms with van der Waals surface area (Å²) in [6, 6.07) is 5.85. The molecule has 2 fully saturated rings. The molecule has 6 heteroatoms. The SMILES string of the molecule is CCN1C(=O)COC2(CCN(CCCC(=O)c3ccc(F)cc3)CC2)C1C. The number of ketones is 1. The molecule has 2 saturated heterocycles. The second kappa shape index (κ2) is 8.48. The lowest BCUT2D eigenvalue weighted by Crippen LogP contribution is -2.63. The van der Waals surface area contributed by atoms with Gasteiger partial charge < -0.3 is 14.5 Å². The Morgan fingerprint density at radius 3 is 2.56 bits per heavy atom. The first-order valence-corrected chi connectivity index (χ1v) is 9.90. The van der Waals surface area contributed by atoms with E-state index in [0.717, 1.165) is 45.4 Å². The van der Waals surface area contributed by atoms with Crippen LogP contribution in [0.5, 0.6) is 0 Å². The van der Waals surface area contributed by atoms with Crippen LogP contribution in [0.15, 0.2) is 24.3 Å². The smallest absolute Gasteiger partial charge is 0.248 e. The predicted octanol–water partition coefficient (Wildman–Crippen LogP) is 2.89. The zero-order valence-electron chi connectivity index (χ0n) is 16.2. The third-order valence-electron chi connectivity index (χ3n) is 6.12. The number of ether oxygens (including phenoxy) is 1. The molecule has 0 N–H and O–H groups in total. The molecule has 1 amide bonds. The number of likely N-dealkylation sites (tertiary alicyclic amines) is 1. The Hall–Kier alpha value is -1.79. The fourth-order valence-electron chi connectivity index (χ4n) is 4.32. The van der Waals surface area contributed by atoms with E-state index in [2.05, 4.69) is 11.8 Å². The summed E-state index contributed by atoms with van der Waals surface area (Å²) >= 11 is 0. The van der Waals surface area contributed by atoms with Gasteiger partial charge in [0.05, 0.1) is 11.6 Å². The van der Waals surface area contributed by atoms with E-state index < -0.39 is 0 Å². The third-order valence-corrected chi connectivity index (χ3v) is 6.12. The molecule has 0 bridgehead atoms. The normalized spacial score (nSPS) is 23.0. The molecule has 27 heavy (non-hydrogen) atoms. The molecule has 0 aliphatic carbocycles. The first-order valence-electron chi connectivity index (χ1n) is 9.90. The highest BCUT2D eigenvalue weighted by Crippen LogP contribution is 2.35. The van der Waals surface area contributed by atoms with Gasteiger partial charge in [0.2, 0.25) is 5.91 Å². The minimum Gasteiger partial charge on any atom is -0.363 e. The van der Waals surface area contributed by atoms with Gasteiger partial charge >= 0.3 is 0 Å². The van der Waals surface area contributed by atoms with Gasteiger partial charge in [-0.05, 0) is 63.9 Å². The summed E-state index contributed by atoms with van der Waals surface area (Å²) in [5.41, 5.74) is 0.340. The van der Waals surface area contributed by atoms with Crippen molar-refractivity contribution < 1.29 is 18.7 Å². The summed E-state index contributed by atoms with van der Waals surface area (Å²) in [4.78, 5) is 28.5. The second-order valence-corrected chi connectivity index (χ2v) is 7.58. The molecule has 2 aliphatic heterocycles. The summed E-state index contributed by atoms with van der Waals surface area (Å²) in [5, 5.41) is 0. The molecular formula is C21H29FN2O3. The minimum atomic E-state index is -0.323. The fourth-order valence-corrected chi connectivity index (χ4v) is 4.32. The van der Waals surface area contributed by atoms with Crippen molar-refractivity contribution in [2.75, 3.05) is 32.8 Å². The van der Waals surface area contributed by atoms with Crippen molar-refractivity contribution in [3.05, 3.63) is 35.6 Å². The minimum absolute atomic E-state index is 0.0600. The van der Waals surface area contributed by atoms with Gasteiger partial charge in [0.1, 0.15) is 12.4 Å². The van der Waals surface area contributed by atoms with Crippen LogP contribution in [0.25, 0.3) is 0 Å². The van der Waals surface area contributed by atoms with Crippen LogP contribution in [0.4, 0.5) is 4.39 Å². The first kappa shape index (κ1) is 20.0. The zero-order valence-corrected chi connectivity index (χ0v) is 16.2. The number of piperidine rings is 1. The van der Waals surface area contributed by atoms with Crippen molar-refractivity contribution in [3.63, 3.8) is 0 Å². The van der Waals surface area contributed by atoms with Crippen LogP contribution in [0.2, 0.25) is 0 Å². The number of rotatable bonds is 6. The molecule has 2 aliphatic rings. The Balaban J connectivity index is 1.45. The first-order chi connectivity index (χ1) is 12.9. The van der Waals surface area contributed by atoms with Gasteiger partial charge in [0.15, 0.2) is 5.78 Å². The maximum Gasteiger partial charge on any atom is 0.248 e. The highest BCUT2D eigenvalue weighted by Gasteiger charge is 2.47. The monoisotopic (exact) mass is 376 g/mol. The van der Waals surface area contributed by atoms with Gasteiger partial charge in [-0.2, -0.15) is 0 Å². The summed E-state index contributed by atoms with van der Waals surface area (Å²) in [7, 11) is 0. The number of carbonyl (C=O) groups excluding carboxylic acids is 2. The number of morpholine rings is 1. The summed E-state index contributed by atoms with van der Waals surface area (Å²) in [5.74, 6) is -0.182. The predicted molar refractivity (Wildman–Crippen MR) is 101 cm³/mol. The van der Waals surface area contributed by atoms with Gasteiger partial charge in [-0.1, -0.05) is 0 Å². The van der Waals surface area contributed by atoms with Gasteiger partial charge in [-0.25, -0.2) is 4.39 Å². The zero-order chi connectivity index (χ0) is 19.4. The third kappa shape index (κ3) is 4.38. The van der Waals surface area contributed by atoms with E-state index in [-0.39, 0.29) is 35.8 Å². The summed E-state index contributed by atoms with van der Waals surface area (Å²) in [6.45, 7) is 7.72. The molecule has 1 unspecified atom stereocenters. The van der Waals surface area contributed by atoms with E-state index in [0.29, 0.717) is 12.0 Å². The number of likely N-dealkylation sites (N-methyl/N-ethyl adjacent to an activating group) is 1. The molecule has 0 saturated carbocycles. The quantitative estimate of drug-likeness (QED) is 0.717. The van der Waals surface area contributed by atoms with Crippen molar-refractivity contribution in [2.24, 2.45) is 0 Å². The molecule has 1 aromatic rings. The molecule has 2 heterocycles. The van der Waals surface area contributed by atoms with Crippen LogP contribution in [-0.2, 0) is 9.53 Å². The number of Topliss-reactive ketones (excluding diaryl/α,β-unsaturated/α-hetero) is 1. The fraction of sp³-hybridized carbons (Fsp3) is 0.619. The molecule has 5 nitrogen and oxygen atoms in total. The molecular weight excluding hydrogens is 347 g/mol. The van der Waals surface area contributed by atoms with Crippen molar-refractivity contribution in [2.45, 2.75) is 51.2 Å². The van der Waals surface area contributed by atoms with E-state index in [9.17, 15) is 14.0 Å². The Bertz CT molecular complexity index is 669. The van der Waals surface area contributed by atoms with E-state index in [4.69, 9.17) is 4.74 Å². The maximum absolute atomic E-state index is 12.9. The number of hydrogen-bond acceptors (Lipinski definition) is 4. The van der Waals surface area contributed by atoms with Gasteiger partial charge in [-0.3, -0.25) is 9.59 Å². The van der Waals surface area contributed by atoms with E-state index in [1.807, 2.05) is 11.8 Å². The summed E-state index contributed by atoms with van der Waals surface area (Å²) < 4.78 is 19.0. The summed E-state index contributed by atoms with van der Waals surface area (Å²) in [6.07, 6.45) is 3.07. The lowest BCUT2D eigenvalue weighted by molar-refractivity contribution is -0.185. The van der Waals surface area contributed by atoms with Crippen molar-refractivity contribution in [1.82, 2.24) is 9.80 Å². The lowest BCUT2D eigenvalue weighted by atomic mass is 9.82. The van der Waals surface area contributed by atoms with Crippen LogP contribution < -0.4 is 0 Å². The average Bonchev–Trinajstić information content (AvgIpc) is 2.67. The molecule has 3 rings (SSSR count). The Morgan fingerprint density at radius 2 is 1.93 bits per heavy atom. The molecule has 148 valence electrons. The Morgan fingerprint density at radius 1 is 1.26 bits per heavy atom. The van der Waals surface area contributed by atoms with Crippen LogP contribution in [0.1, 0.15) is 49.9 Å². The van der Waals surface area contributed by atoms with Crippen molar-refractivity contribution in [1.29, 1.82) is 0 Å². The molecule has 1 aromatic carbocycles. The standard InChI is InChI=1S/C21H29FN2O3/c1-3-24-16(2)21(27-15-20(24)26)10-13-23(14-11-21)12-4-5-19(25)17-6-8-18(22)9-7-17/h6-9,16H,3-5,10-15H2,1-2H3. The maximum atomic E-state index is 12.9. The molecule has 0 radical (unpaired) electrons. The van der Waals surface area contributed by atoms with E-state index >= 15 is 0 Å². The van der Waals surface area contributed by atoms with Gasteiger partial charge in [0.25, 0.3) is 0 Å². The topological polar surface area (TPSA) is 49.9 Å². The van der Waals surface area contributed by atoms with Gasteiger partial charge in [0, 0.05) is 31.6 Å². The van der Waals surface area contributed by atoms with Crippen LogP contribution in [0, 0.1) is 5.82 Å². The van der Waals surface area contributed by atoms with Crippen LogP contribution in [-0.4, -0.2) is 65.9 Å². The second-order valence-electron chi connectivity index (χ2n) is 7.58. The number of benzene rings is 1. The van der Waals surface area contributed by atoms with Crippen LogP contribution >= 0.6 is 0 Å². The highest BCUT2D eigenvalue weighted by molar-refractivity contribution is 5.95. The number of amides is 1. The number of nitrogens with zero attached hydrogens (tertiary/aromatic N) is 2. The average molecular weight is 376 g/mol. The largest absolute Gasteiger partial charge is 0.363 e. The van der Waals surface area contributed by atoms with Crippen molar-refractivity contribution >= 4 is 11.7 Å². The molecule has 1 spiro atoms. The number of hydrogen-bond donors (Lipinski definition) is 0. The number of halogens is 1. The molecule has 1 atom stereocenters. The van der Waals surface area contributed by atoms with Crippen LogP contribution in [0.3, 0.4) is 0 Å². The van der Waals surface area contributed by atoms with Gasteiger partial charge in [-0.15, -0.1) is 0 Å². The molecule has 0 aromatic heterocycles. The number of carbonyl (C=O) groups is 2.